The first-order valence-electron chi connectivity index (χ1n) is 5.21. The van der Waals surface area contributed by atoms with Gasteiger partial charge in [-0.15, -0.1) is 11.3 Å². The Hall–Kier alpha value is -1.68. The molecule has 0 N–H and O–H groups in total. The van der Waals surface area contributed by atoms with E-state index in [2.05, 4.69) is 0 Å². The molecule has 0 bridgehead atoms. The van der Waals surface area contributed by atoms with Crippen molar-refractivity contribution in [2.24, 2.45) is 0 Å². The minimum absolute atomic E-state index is 0.000872. The van der Waals surface area contributed by atoms with Crippen molar-refractivity contribution < 1.29 is 9.18 Å². The highest BCUT2D eigenvalue weighted by molar-refractivity contribution is 7.10. The predicted molar refractivity (Wildman–Crippen MR) is 67.8 cm³/mol. The van der Waals surface area contributed by atoms with E-state index in [0.29, 0.717) is 12.1 Å². The van der Waals surface area contributed by atoms with E-state index in [1.807, 2.05) is 17.5 Å². The minimum Gasteiger partial charge on any atom is -0.315 e. The largest absolute Gasteiger partial charge is 0.315 e. The van der Waals surface area contributed by atoms with Gasteiger partial charge in [-0.05, 0) is 35.7 Å². The second-order valence-corrected chi connectivity index (χ2v) is 4.72. The summed E-state index contributed by atoms with van der Waals surface area (Å²) in [6.45, 7) is 0. The van der Waals surface area contributed by atoms with Crippen molar-refractivity contribution in [3.05, 3.63) is 52.5 Å². The molecule has 1 heterocycles. The molecule has 0 atom stereocenters. The Morgan fingerprint density at radius 1 is 1.29 bits per heavy atom. The molecule has 0 unspecified atom stereocenters. The zero-order valence-corrected chi connectivity index (χ0v) is 10.2. The molecule has 4 heteroatoms. The van der Waals surface area contributed by atoms with Gasteiger partial charge in [0.15, 0.2) is 0 Å². The maximum absolute atomic E-state index is 12.8. The zero-order valence-electron chi connectivity index (χ0n) is 9.39. The van der Waals surface area contributed by atoms with Crippen molar-refractivity contribution in [3.8, 4) is 0 Å². The Kier molecular flexibility index (Phi) is 3.54. The quantitative estimate of drug-likeness (QED) is 0.818. The van der Waals surface area contributed by atoms with Crippen molar-refractivity contribution in [1.29, 1.82) is 0 Å². The first kappa shape index (κ1) is 11.8. The maximum atomic E-state index is 12.8. The number of hydrogen-bond donors (Lipinski definition) is 0. The summed E-state index contributed by atoms with van der Waals surface area (Å²) in [5.41, 5.74) is 0.702. The summed E-state index contributed by atoms with van der Waals surface area (Å²) in [6, 6.07) is 9.75. The molecule has 0 aliphatic heterocycles. The van der Waals surface area contributed by atoms with Crippen LogP contribution >= 0.6 is 11.3 Å². The van der Waals surface area contributed by atoms with Gasteiger partial charge in [-0.25, -0.2) is 4.39 Å². The van der Waals surface area contributed by atoms with Gasteiger partial charge in [-0.1, -0.05) is 6.07 Å². The molecule has 1 aromatic heterocycles. The van der Waals surface area contributed by atoms with Crippen LogP contribution in [0, 0.1) is 5.82 Å². The Bertz CT molecular complexity index is 493. The van der Waals surface area contributed by atoms with Crippen molar-refractivity contribution in [2.75, 3.05) is 11.9 Å². The van der Waals surface area contributed by atoms with Gasteiger partial charge in [0.25, 0.3) is 0 Å². The van der Waals surface area contributed by atoms with E-state index in [4.69, 9.17) is 0 Å². The van der Waals surface area contributed by atoms with Gasteiger partial charge in [0, 0.05) is 17.6 Å². The number of carbonyl (C=O) groups is 1. The number of carbonyl (C=O) groups excluding carboxylic acids is 1. The van der Waals surface area contributed by atoms with Crippen LogP contribution in [-0.4, -0.2) is 13.0 Å². The second-order valence-electron chi connectivity index (χ2n) is 3.69. The lowest BCUT2D eigenvalue weighted by Gasteiger charge is -2.16. The van der Waals surface area contributed by atoms with Gasteiger partial charge in [-0.3, -0.25) is 4.79 Å². The van der Waals surface area contributed by atoms with Crippen LogP contribution in [0.1, 0.15) is 4.88 Å². The van der Waals surface area contributed by atoms with Gasteiger partial charge in [-0.2, -0.15) is 0 Å². The number of rotatable bonds is 3. The van der Waals surface area contributed by atoms with Crippen LogP contribution in [0.2, 0.25) is 0 Å². The summed E-state index contributed by atoms with van der Waals surface area (Å²) in [6.07, 6.45) is 0.380. The number of nitrogens with zero attached hydrogens (tertiary/aromatic N) is 1. The molecule has 2 rings (SSSR count). The smallest absolute Gasteiger partial charge is 0.231 e. The van der Waals surface area contributed by atoms with Crippen LogP contribution < -0.4 is 4.90 Å². The molecule has 0 aliphatic rings. The lowest BCUT2D eigenvalue weighted by atomic mass is 10.2. The second kappa shape index (κ2) is 5.10. The minimum atomic E-state index is -0.298. The van der Waals surface area contributed by atoms with E-state index in [-0.39, 0.29) is 11.7 Å². The molecule has 2 nitrogen and oxygen atoms in total. The monoisotopic (exact) mass is 249 g/mol. The molecule has 0 radical (unpaired) electrons. The molecule has 0 fully saturated rings. The highest BCUT2D eigenvalue weighted by Crippen LogP contribution is 2.16. The Labute approximate surface area is 103 Å². The van der Waals surface area contributed by atoms with Gasteiger partial charge in [0.1, 0.15) is 5.82 Å². The third kappa shape index (κ3) is 2.91. The first-order valence-corrected chi connectivity index (χ1v) is 6.09. The summed E-state index contributed by atoms with van der Waals surface area (Å²) in [7, 11) is 1.70. The Morgan fingerprint density at radius 3 is 2.59 bits per heavy atom. The number of anilines is 1. The summed E-state index contributed by atoms with van der Waals surface area (Å²) < 4.78 is 12.8. The van der Waals surface area contributed by atoms with Gasteiger partial charge in [0.2, 0.25) is 5.91 Å². The van der Waals surface area contributed by atoms with Gasteiger partial charge in [0.05, 0.1) is 6.42 Å². The molecule has 0 saturated carbocycles. The number of hydrogen-bond acceptors (Lipinski definition) is 2. The lowest BCUT2D eigenvalue weighted by molar-refractivity contribution is -0.117. The standard InChI is InChI=1S/C13H12FNOS/c1-15(11-6-4-10(14)5-7-11)13(16)9-12-3-2-8-17-12/h2-8H,9H2,1H3. The highest BCUT2D eigenvalue weighted by Gasteiger charge is 2.11. The van der Waals surface area contributed by atoms with Crippen LogP contribution in [0.25, 0.3) is 0 Å². The molecule has 88 valence electrons. The SMILES string of the molecule is CN(C(=O)Cc1cccs1)c1ccc(F)cc1. The summed E-state index contributed by atoms with van der Waals surface area (Å²) in [4.78, 5) is 14.5. The van der Waals surface area contributed by atoms with Gasteiger partial charge < -0.3 is 4.90 Å². The van der Waals surface area contributed by atoms with Gasteiger partial charge >= 0.3 is 0 Å². The molecule has 1 amide bonds. The highest BCUT2D eigenvalue weighted by atomic mass is 32.1. The maximum Gasteiger partial charge on any atom is 0.231 e. The topological polar surface area (TPSA) is 20.3 Å². The Morgan fingerprint density at radius 2 is 2.00 bits per heavy atom. The third-order valence-electron chi connectivity index (χ3n) is 2.49. The molecule has 0 spiro atoms. The van der Waals surface area contributed by atoms with Crippen LogP contribution in [0.3, 0.4) is 0 Å². The normalized spacial score (nSPS) is 10.2. The average molecular weight is 249 g/mol. The lowest BCUT2D eigenvalue weighted by Crippen LogP contribution is -2.27. The molecule has 0 saturated heterocycles. The summed E-state index contributed by atoms with van der Waals surface area (Å²) in [5.74, 6) is -0.299. The molecule has 1 aromatic carbocycles. The fourth-order valence-corrected chi connectivity index (χ4v) is 2.19. The van der Waals surface area contributed by atoms with Crippen LogP contribution in [-0.2, 0) is 11.2 Å². The van der Waals surface area contributed by atoms with Crippen LogP contribution in [0.5, 0.6) is 0 Å². The predicted octanol–water partition coefficient (Wildman–Crippen LogP) is 3.09. The molecule has 17 heavy (non-hydrogen) atoms. The van der Waals surface area contributed by atoms with Crippen LogP contribution in [0.15, 0.2) is 41.8 Å². The number of halogens is 1. The van der Waals surface area contributed by atoms with E-state index >= 15 is 0 Å². The van der Waals surface area contributed by atoms with E-state index in [1.54, 1.807) is 35.4 Å². The van der Waals surface area contributed by atoms with E-state index < -0.39 is 0 Å². The van der Waals surface area contributed by atoms with E-state index in [0.717, 1.165) is 4.88 Å². The molecular weight excluding hydrogens is 237 g/mol. The first-order chi connectivity index (χ1) is 8.16. The zero-order chi connectivity index (χ0) is 12.3. The summed E-state index contributed by atoms with van der Waals surface area (Å²) in [5, 5.41) is 1.94. The number of benzene rings is 1. The molecular formula is C13H12FNOS. The molecule has 2 aromatic rings. The average Bonchev–Trinajstić information content (AvgIpc) is 2.82. The van der Waals surface area contributed by atoms with Crippen LogP contribution in [0.4, 0.5) is 10.1 Å². The molecule has 0 aliphatic carbocycles. The summed E-state index contributed by atoms with van der Waals surface area (Å²) >= 11 is 1.56. The van der Waals surface area contributed by atoms with Crippen molar-refractivity contribution in [2.45, 2.75) is 6.42 Å². The number of amides is 1. The fourth-order valence-electron chi connectivity index (χ4n) is 1.49. The number of likely N-dealkylation sites (N-methyl/N-ethyl adjacent to an activating group) is 1. The van der Waals surface area contributed by atoms with Crippen molar-refractivity contribution >= 4 is 22.9 Å². The van der Waals surface area contributed by atoms with E-state index in [1.165, 1.54) is 12.1 Å². The Balaban J connectivity index is 2.07. The van der Waals surface area contributed by atoms with E-state index in [9.17, 15) is 9.18 Å². The third-order valence-corrected chi connectivity index (χ3v) is 3.37. The number of thiophene rings is 1. The fraction of sp³-hybridized carbons (Fsp3) is 0.154. The van der Waals surface area contributed by atoms with Crippen molar-refractivity contribution in [3.63, 3.8) is 0 Å². The van der Waals surface area contributed by atoms with Crippen molar-refractivity contribution in [1.82, 2.24) is 0 Å².